The number of hydrogen-bond acceptors (Lipinski definition) is 7. The highest BCUT2D eigenvalue weighted by atomic mass is 16.3. The minimum absolute atomic E-state index is 0.242. The molecule has 1 aliphatic carbocycles. The number of aromatic nitrogens is 6. The normalized spacial score (nSPS) is 15.2. The van der Waals surface area contributed by atoms with Crippen LogP contribution in [0.3, 0.4) is 0 Å². The average molecular weight is 404 g/mol. The minimum atomic E-state index is -0.491. The molecule has 0 aliphatic heterocycles. The molecule has 0 amide bonds. The van der Waals surface area contributed by atoms with Gasteiger partial charge in [0.05, 0.1) is 12.2 Å². The Kier molecular flexibility index (Phi) is 4.31. The molecule has 4 N–H and O–H groups in total. The van der Waals surface area contributed by atoms with Crippen molar-refractivity contribution in [3.8, 4) is 5.88 Å². The van der Waals surface area contributed by atoms with Gasteiger partial charge in [-0.15, -0.1) is 0 Å². The molecule has 10 nitrogen and oxygen atoms in total. The number of rotatable bonds is 5. The zero-order valence-electron chi connectivity index (χ0n) is 16.3. The van der Waals surface area contributed by atoms with Crippen LogP contribution >= 0.6 is 0 Å². The van der Waals surface area contributed by atoms with E-state index in [4.69, 9.17) is 0 Å². The zero-order valence-corrected chi connectivity index (χ0v) is 16.3. The summed E-state index contributed by atoms with van der Waals surface area (Å²) in [6.07, 6.45) is 5.28. The molecular weight excluding hydrogens is 384 g/mol. The minimum Gasteiger partial charge on any atom is -0.493 e. The van der Waals surface area contributed by atoms with Crippen molar-refractivity contribution in [1.29, 1.82) is 0 Å². The highest BCUT2D eigenvalue weighted by molar-refractivity contribution is 5.57. The number of H-pyrrole nitrogens is 2. The van der Waals surface area contributed by atoms with Crippen LogP contribution in [-0.2, 0) is 6.54 Å². The van der Waals surface area contributed by atoms with Gasteiger partial charge in [-0.25, -0.2) is 9.79 Å². The second-order valence-electron chi connectivity index (χ2n) is 7.37. The number of nitrogens with one attached hydrogen (secondary N) is 3. The molecule has 10 heteroatoms. The first kappa shape index (κ1) is 18.1. The molecule has 3 heterocycles. The standard InChI is InChI=1S/C20H20N8O2/c1-11-3-2-4-12(7-11)9-21-18-25-16-13(8-15-17(29)26-20(30)24-15)10-22-28(16)19(27-18)23-14-5-6-14/h2-4,7-8,10,14,29H,5-6,9H2,1H3,(H,21,23,27)(H2,24,26,30). The van der Waals surface area contributed by atoms with Crippen LogP contribution < -0.4 is 21.8 Å². The van der Waals surface area contributed by atoms with Crippen molar-refractivity contribution in [2.75, 3.05) is 5.32 Å². The van der Waals surface area contributed by atoms with E-state index >= 15 is 0 Å². The number of aromatic amines is 2. The highest BCUT2D eigenvalue weighted by Crippen LogP contribution is 2.22. The maximum Gasteiger partial charge on any atom is 0.326 e. The summed E-state index contributed by atoms with van der Waals surface area (Å²) in [5.74, 6) is 0.194. The van der Waals surface area contributed by atoms with E-state index in [1.807, 2.05) is 25.1 Å². The van der Waals surface area contributed by atoms with Gasteiger partial charge in [0, 0.05) is 11.8 Å². The monoisotopic (exact) mass is 404 g/mol. The lowest BCUT2D eigenvalue weighted by Crippen LogP contribution is -2.24. The Hall–Kier alpha value is -3.95. The van der Waals surface area contributed by atoms with Crippen molar-refractivity contribution in [2.45, 2.75) is 32.4 Å². The number of fused-ring (bicyclic) bond motifs is 1. The molecule has 0 bridgehead atoms. The van der Waals surface area contributed by atoms with E-state index in [2.05, 4.69) is 41.4 Å². The summed E-state index contributed by atoms with van der Waals surface area (Å²) in [5, 5.41) is 18.1. The number of benzene rings is 1. The van der Waals surface area contributed by atoms with Gasteiger partial charge in [0.25, 0.3) is 5.62 Å². The van der Waals surface area contributed by atoms with E-state index in [0.29, 0.717) is 29.0 Å². The van der Waals surface area contributed by atoms with Gasteiger partial charge in [-0.2, -0.15) is 19.6 Å². The third-order valence-electron chi connectivity index (χ3n) is 4.79. The van der Waals surface area contributed by atoms with E-state index in [1.165, 1.54) is 5.56 Å². The average Bonchev–Trinajstić information content (AvgIpc) is 3.35. The number of anilines is 1. The van der Waals surface area contributed by atoms with Crippen LogP contribution in [0.2, 0.25) is 0 Å². The van der Waals surface area contributed by atoms with Gasteiger partial charge in [0.1, 0.15) is 5.69 Å². The second-order valence-corrected chi connectivity index (χ2v) is 7.37. The third kappa shape index (κ3) is 3.66. The van der Waals surface area contributed by atoms with Gasteiger partial charge in [-0.1, -0.05) is 29.8 Å². The number of aryl methyl sites for hydroxylation is 1. The van der Waals surface area contributed by atoms with Crippen molar-refractivity contribution >= 4 is 17.7 Å². The molecule has 4 aromatic rings. The van der Waals surface area contributed by atoms with Gasteiger partial charge in [-0.05, 0) is 31.4 Å². The number of nitrogens with zero attached hydrogens (tertiary/aromatic N) is 5. The first-order chi connectivity index (χ1) is 14.5. The van der Waals surface area contributed by atoms with E-state index in [1.54, 1.807) is 16.8 Å². The maximum atomic E-state index is 11.4. The molecular formula is C20H20N8O2. The van der Waals surface area contributed by atoms with E-state index < -0.39 is 5.69 Å². The summed E-state index contributed by atoms with van der Waals surface area (Å²) >= 11 is 0. The molecule has 0 atom stereocenters. The first-order valence-electron chi connectivity index (χ1n) is 9.67. The molecule has 0 radical (unpaired) electrons. The topological polar surface area (TPSA) is 136 Å². The van der Waals surface area contributed by atoms with Gasteiger partial charge in [0.2, 0.25) is 11.8 Å². The summed E-state index contributed by atoms with van der Waals surface area (Å²) in [6, 6.07) is 8.46. The van der Waals surface area contributed by atoms with Gasteiger partial charge >= 0.3 is 5.69 Å². The first-order valence-corrected chi connectivity index (χ1v) is 9.67. The Bertz CT molecular complexity index is 1410. The molecule has 1 saturated carbocycles. The van der Waals surface area contributed by atoms with Crippen LogP contribution in [0.5, 0.6) is 5.88 Å². The fourth-order valence-electron chi connectivity index (χ4n) is 3.16. The van der Waals surface area contributed by atoms with E-state index in [-0.39, 0.29) is 17.6 Å². The van der Waals surface area contributed by atoms with Crippen molar-refractivity contribution in [2.24, 2.45) is 4.99 Å². The van der Waals surface area contributed by atoms with Crippen LogP contribution in [0.4, 0.5) is 5.95 Å². The lowest BCUT2D eigenvalue weighted by atomic mass is 10.1. The molecule has 0 saturated heterocycles. The summed E-state index contributed by atoms with van der Waals surface area (Å²) in [7, 11) is 0. The van der Waals surface area contributed by atoms with E-state index in [0.717, 1.165) is 18.4 Å². The Balaban J connectivity index is 1.59. The quantitative estimate of drug-likeness (QED) is 0.380. The van der Waals surface area contributed by atoms with Gasteiger partial charge < -0.3 is 15.4 Å². The zero-order chi connectivity index (χ0) is 20.7. The third-order valence-corrected chi connectivity index (χ3v) is 4.79. The second kappa shape index (κ2) is 7.14. The summed E-state index contributed by atoms with van der Waals surface area (Å²) < 4.78 is 1.57. The Morgan fingerprint density at radius 3 is 2.93 bits per heavy atom. The lowest BCUT2D eigenvalue weighted by molar-refractivity contribution is 0.454. The van der Waals surface area contributed by atoms with Crippen LogP contribution in [0.25, 0.3) is 11.7 Å². The van der Waals surface area contributed by atoms with Gasteiger partial charge in [-0.3, -0.25) is 4.98 Å². The Morgan fingerprint density at radius 2 is 2.20 bits per heavy atom. The fourth-order valence-corrected chi connectivity index (χ4v) is 3.16. The number of imidazole rings is 1. The SMILES string of the molecule is Cc1cccc(CNc2nc(=NC3CC3)n3ncc(=Cc4[nH]c(=O)[nH]c4O)c3n2)c1. The summed E-state index contributed by atoms with van der Waals surface area (Å²) in [4.78, 5) is 30.0. The predicted octanol–water partition coefficient (Wildman–Crippen LogP) is 0.378. The summed E-state index contributed by atoms with van der Waals surface area (Å²) in [6.45, 7) is 2.62. The van der Waals surface area contributed by atoms with Gasteiger partial charge in [0.15, 0.2) is 5.65 Å². The summed E-state index contributed by atoms with van der Waals surface area (Å²) in [5.41, 5.74) is 3.06. The van der Waals surface area contributed by atoms with Crippen LogP contribution in [0.15, 0.2) is 40.2 Å². The highest BCUT2D eigenvalue weighted by Gasteiger charge is 2.21. The van der Waals surface area contributed by atoms with Crippen molar-refractivity contribution < 1.29 is 5.11 Å². The molecule has 30 heavy (non-hydrogen) atoms. The van der Waals surface area contributed by atoms with Crippen LogP contribution in [-0.4, -0.2) is 40.7 Å². The molecule has 3 aromatic heterocycles. The Labute approximate surface area is 170 Å². The predicted molar refractivity (Wildman–Crippen MR) is 110 cm³/mol. The smallest absolute Gasteiger partial charge is 0.326 e. The molecule has 1 aliphatic rings. The molecule has 0 spiro atoms. The van der Waals surface area contributed by atoms with Crippen molar-refractivity contribution in [3.05, 3.63) is 68.6 Å². The lowest BCUT2D eigenvalue weighted by Gasteiger charge is -2.06. The molecule has 1 aromatic carbocycles. The number of aromatic hydroxyl groups is 1. The molecule has 0 unspecified atom stereocenters. The fraction of sp³-hybridized carbons (Fsp3) is 0.250. The molecule has 1 fully saturated rings. The molecule has 152 valence electrons. The largest absolute Gasteiger partial charge is 0.493 e. The van der Waals surface area contributed by atoms with Crippen LogP contribution in [0.1, 0.15) is 29.7 Å². The molecule has 5 rings (SSSR count). The van der Waals surface area contributed by atoms with Crippen LogP contribution in [0, 0.1) is 6.92 Å². The van der Waals surface area contributed by atoms with Crippen molar-refractivity contribution in [1.82, 2.24) is 29.5 Å². The number of hydrogen-bond donors (Lipinski definition) is 4. The maximum absolute atomic E-state index is 11.4. The van der Waals surface area contributed by atoms with Crippen molar-refractivity contribution in [3.63, 3.8) is 0 Å². The Morgan fingerprint density at radius 1 is 1.33 bits per heavy atom. The van der Waals surface area contributed by atoms with E-state index in [9.17, 15) is 9.90 Å².